The lowest BCUT2D eigenvalue weighted by Crippen LogP contribution is -2.31. The van der Waals surface area contributed by atoms with E-state index >= 15 is 0 Å². The van der Waals surface area contributed by atoms with Crippen molar-refractivity contribution >= 4 is 11.0 Å². The molecule has 0 bridgehead atoms. The molecule has 2 fully saturated rings. The SMILES string of the molecule is N[C@H](c1nc2c(F)c([C]3CCOCC3)ccc2[nH]1)C1CCC(F)(F)CC1. The Balaban J connectivity index is 1.58. The highest BCUT2D eigenvalue weighted by Gasteiger charge is 2.38. The minimum Gasteiger partial charge on any atom is -0.381 e. The number of nitrogens with two attached hydrogens (primary N) is 1. The summed E-state index contributed by atoms with van der Waals surface area (Å²) < 4.78 is 47.0. The van der Waals surface area contributed by atoms with E-state index in [4.69, 9.17) is 10.5 Å². The zero-order chi connectivity index (χ0) is 18.3. The first-order chi connectivity index (χ1) is 12.4. The maximum atomic E-state index is 15.0. The van der Waals surface area contributed by atoms with Gasteiger partial charge in [0.05, 0.1) is 11.6 Å². The monoisotopic (exact) mass is 366 g/mol. The number of hydrogen-bond acceptors (Lipinski definition) is 3. The van der Waals surface area contributed by atoms with Crippen molar-refractivity contribution in [3.8, 4) is 0 Å². The van der Waals surface area contributed by atoms with E-state index in [1.807, 2.05) is 6.07 Å². The summed E-state index contributed by atoms with van der Waals surface area (Å²) in [5.41, 5.74) is 7.72. The second kappa shape index (κ2) is 6.85. The van der Waals surface area contributed by atoms with E-state index in [-0.39, 0.29) is 30.1 Å². The zero-order valence-corrected chi connectivity index (χ0v) is 14.5. The third-order valence-corrected chi connectivity index (χ3v) is 5.67. The molecule has 2 aromatic rings. The molecule has 141 valence electrons. The highest BCUT2D eigenvalue weighted by Crippen LogP contribution is 2.40. The highest BCUT2D eigenvalue weighted by atomic mass is 19.3. The Bertz CT molecular complexity index is 776. The smallest absolute Gasteiger partial charge is 0.248 e. The Morgan fingerprint density at radius 3 is 2.58 bits per heavy atom. The fourth-order valence-electron chi connectivity index (χ4n) is 4.02. The number of aromatic nitrogens is 2. The quantitative estimate of drug-likeness (QED) is 0.853. The number of ether oxygens (including phenoxy) is 1. The van der Waals surface area contributed by atoms with E-state index < -0.39 is 12.0 Å². The van der Waals surface area contributed by atoms with Crippen LogP contribution in [-0.2, 0) is 4.74 Å². The number of fused-ring (bicyclic) bond motifs is 1. The molecular formula is C19H23F3N3O. The van der Waals surface area contributed by atoms with Gasteiger partial charge in [-0.25, -0.2) is 18.2 Å². The molecule has 2 aliphatic rings. The molecule has 7 heteroatoms. The van der Waals surface area contributed by atoms with Gasteiger partial charge in [0.1, 0.15) is 11.3 Å². The number of benzene rings is 1. The molecule has 0 spiro atoms. The fraction of sp³-hybridized carbons (Fsp3) is 0.579. The lowest BCUT2D eigenvalue weighted by Gasteiger charge is -2.31. The second-order valence-electron chi connectivity index (χ2n) is 7.38. The number of aromatic amines is 1. The van der Waals surface area contributed by atoms with Gasteiger partial charge in [0.15, 0.2) is 5.82 Å². The van der Waals surface area contributed by atoms with Gasteiger partial charge < -0.3 is 15.5 Å². The second-order valence-corrected chi connectivity index (χ2v) is 7.38. The molecule has 26 heavy (non-hydrogen) atoms. The number of imidazole rings is 1. The van der Waals surface area contributed by atoms with Gasteiger partial charge >= 0.3 is 0 Å². The maximum absolute atomic E-state index is 15.0. The molecule has 1 aromatic heterocycles. The van der Waals surface area contributed by atoms with Crippen molar-refractivity contribution in [3.63, 3.8) is 0 Å². The van der Waals surface area contributed by atoms with Crippen LogP contribution in [0.5, 0.6) is 0 Å². The lowest BCUT2D eigenvalue weighted by molar-refractivity contribution is -0.0486. The zero-order valence-electron chi connectivity index (χ0n) is 14.5. The number of hydrogen-bond donors (Lipinski definition) is 2. The highest BCUT2D eigenvalue weighted by molar-refractivity contribution is 5.77. The lowest BCUT2D eigenvalue weighted by atomic mass is 9.82. The van der Waals surface area contributed by atoms with E-state index in [0.717, 1.165) is 18.8 Å². The number of H-pyrrole nitrogens is 1. The normalized spacial score (nSPS) is 23.4. The Kier molecular flexibility index (Phi) is 4.69. The molecule has 3 N–H and O–H groups in total. The van der Waals surface area contributed by atoms with Crippen molar-refractivity contribution in [2.75, 3.05) is 13.2 Å². The predicted molar refractivity (Wildman–Crippen MR) is 92.3 cm³/mol. The van der Waals surface area contributed by atoms with Crippen LogP contribution in [0.2, 0.25) is 0 Å². The summed E-state index contributed by atoms with van der Waals surface area (Å²) in [5, 5.41) is 0. The van der Waals surface area contributed by atoms with Crippen molar-refractivity contribution in [2.45, 2.75) is 50.5 Å². The standard InChI is InChI=1S/C19H23F3N3O/c20-15-13(11-5-9-26-10-6-11)1-2-14-17(15)25-18(24-14)16(23)12-3-7-19(21,22)8-4-12/h1-2,12,16H,3-10,23H2,(H,24,25)/t16-/m0/s1. The van der Waals surface area contributed by atoms with E-state index in [2.05, 4.69) is 9.97 Å². The van der Waals surface area contributed by atoms with Crippen LogP contribution in [0.25, 0.3) is 11.0 Å². The van der Waals surface area contributed by atoms with Gasteiger partial charge in [0, 0.05) is 32.0 Å². The number of halogens is 3. The summed E-state index contributed by atoms with van der Waals surface area (Å²) in [5.74, 6) is -1.49. The van der Waals surface area contributed by atoms with Gasteiger partial charge in [-0.05, 0) is 43.2 Å². The van der Waals surface area contributed by atoms with Crippen molar-refractivity contribution < 1.29 is 17.9 Å². The van der Waals surface area contributed by atoms with Crippen LogP contribution in [-0.4, -0.2) is 29.1 Å². The maximum Gasteiger partial charge on any atom is 0.248 e. The summed E-state index contributed by atoms with van der Waals surface area (Å²) in [4.78, 5) is 7.48. The molecule has 1 aromatic carbocycles. The number of rotatable bonds is 3. The van der Waals surface area contributed by atoms with Crippen LogP contribution in [0, 0.1) is 17.7 Å². The molecule has 0 unspecified atom stereocenters. The summed E-state index contributed by atoms with van der Waals surface area (Å²) in [6, 6.07) is 3.10. The van der Waals surface area contributed by atoms with Crippen LogP contribution in [0.3, 0.4) is 0 Å². The van der Waals surface area contributed by atoms with Gasteiger partial charge in [-0.2, -0.15) is 0 Å². The minimum absolute atomic E-state index is 0.0670. The molecule has 1 aliphatic heterocycles. The fourth-order valence-corrected chi connectivity index (χ4v) is 4.02. The van der Waals surface area contributed by atoms with E-state index in [1.165, 1.54) is 0 Å². The third-order valence-electron chi connectivity index (χ3n) is 5.67. The van der Waals surface area contributed by atoms with Crippen LogP contribution in [0.4, 0.5) is 13.2 Å². The molecule has 1 saturated carbocycles. The van der Waals surface area contributed by atoms with Gasteiger partial charge in [0.2, 0.25) is 5.92 Å². The summed E-state index contributed by atoms with van der Waals surface area (Å²) in [6.07, 6.45) is 1.85. The Morgan fingerprint density at radius 2 is 1.88 bits per heavy atom. The average molecular weight is 366 g/mol. The Labute approximate surface area is 150 Å². The van der Waals surface area contributed by atoms with Crippen molar-refractivity contribution in [2.24, 2.45) is 11.7 Å². The first-order valence-corrected chi connectivity index (χ1v) is 9.19. The molecule has 1 radical (unpaired) electrons. The van der Waals surface area contributed by atoms with Gasteiger partial charge in [-0.3, -0.25) is 0 Å². The first-order valence-electron chi connectivity index (χ1n) is 9.19. The summed E-state index contributed by atoms with van der Waals surface area (Å²) in [6.45, 7) is 1.21. The van der Waals surface area contributed by atoms with Crippen LogP contribution < -0.4 is 5.73 Å². The number of nitrogens with one attached hydrogen (secondary N) is 1. The van der Waals surface area contributed by atoms with E-state index in [9.17, 15) is 13.2 Å². The van der Waals surface area contributed by atoms with Crippen LogP contribution in [0.1, 0.15) is 56.0 Å². The topological polar surface area (TPSA) is 63.9 Å². The van der Waals surface area contributed by atoms with Crippen LogP contribution >= 0.6 is 0 Å². The summed E-state index contributed by atoms with van der Waals surface area (Å²) >= 11 is 0. The molecule has 4 rings (SSSR count). The Hall–Kier alpha value is -1.60. The molecule has 4 nitrogen and oxygen atoms in total. The molecule has 1 aliphatic carbocycles. The van der Waals surface area contributed by atoms with Gasteiger partial charge in [0.25, 0.3) is 0 Å². The minimum atomic E-state index is -2.59. The third kappa shape index (κ3) is 3.34. The molecule has 2 heterocycles. The van der Waals surface area contributed by atoms with E-state index in [0.29, 0.717) is 43.0 Å². The number of nitrogens with zero attached hydrogens (tertiary/aromatic N) is 1. The van der Waals surface area contributed by atoms with Gasteiger partial charge in [-0.1, -0.05) is 6.07 Å². The predicted octanol–water partition coefficient (Wildman–Crippen LogP) is 4.26. The summed E-state index contributed by atoms with van der Waals surface area (Å²) in [7, 11) is 0. The van der Waals surface area contributed by atoms with Crippen molar-refractivity contribution in [3.05, 3.63) is 35.3 Å². The van der Waals surface area contributed by atoms with Crippen LogP contribution in [0.15, 0.2) is 12.1 Å². The first kappa shape index (κ1) is 17.8. The van der Waals surface area contributed by atoms with E-state index in [1.54, 1.807) is 6.07 Å². The molecule has 1 atom stereocenters. The largest absolute Gasteiger partial charge is 0.381 e. The average Bonchev–Trinajstić information content (AvgIpc) is 3.07. The molecule has 1 saturated heterocycles. The molecular weight excluding hydrogens is 343 g/mol. The van der Waals surface area contributed by atoms with Crippen molar-refractivity contribution in [1.29, 1.82) is 0 Å². The Morgan fingerprint density at radius 1 is 1.19 bits per heavy atom. The number of alkyl halides is 2. The van der Waals surface area contributed by atoms with Crippen molar-refractivity contribution in [1.82, 2.24) is 9.97 Å². The van der Waals surface area contributed by atoms with Gasteiger partial charge in [-0.15, -0.1) is 0 Å². The molecule has 0 amide bonds.